The first-order chi connectivity index (χ1) is 8.56. The number of benzene rings is 1. The quantitative estimate of drug-likeness (QED) is 0.939. The van der Waals surface area contributed by atoms with Gasteiger partial charge >= 0.3 is 0 Å². The molecule has 1 heterocycles. The second-order valence-corrected chi connectivity index (χ2v) is 5.24. The highest BCUT2D eigenvalue weighted by atomic mass is 79.9. The maximum absolute atomic E-state index is 13.1. The van der Waals surface area contributed by atoms with E-state index < -0.39 is 0 Å². The summed E-state index contributed by atoms with van der Waals surface area (Å²) >= 11 is 3.17. The van der Waals surface area contributed by atoms with E-state index in [0.29, 0.717) is 10.5 Å². The monoisotopic (exact) mass is 311 g/mol. The first kappa shape index (κ1) is 13.2. The summed E-state index contributed by atoms with van der Waals surface area (Å²) in [6, 6.07) is 7.21. The Bertz CT molecular complexity index is 537. The Morgan fingerprint density at radius 3 is 2.83 bits per heavy atom. The summed E-state index contributed by atoms with van der Waals surface area (Å²) in [6.07, 6.45) is 1.87. The van der Waals surface area contributed by atoms with Crippen LogP contribution in [0.5, 0.6) is 0 Å². The minimum atomic E-state index is -0.271. The van der Waals surface area contributed by atoms with Crippen molar-refractivity contribution in [2.45, 2.75) is 26.4 Å². The molecule has 0 saturated heterocycles. The second-order valence-electron chi connectivity index (χ2n) is 4.39. The topological polar surface area (TPSA) is 29.9 Å². The minimum absolute atomic E-state index is 0.271. The molecule has 0 aliphatic heterocycles. The highest BCUT2D eigenvalue weighted by Crippen LogP contribution is 2.19. The third kappa shape index (κ3) is 3.17. The molecule has 1 N–H and O–H groups in total. The lowest BCUT2D eigenvalue weighted by atomic mass is 10.3. The first-order valence-corrected chi connectivity index (χ1v) is 6.59. The molecule has 96 valence electrons. The Labute approximate surface area is 114 Å². The van der Waals surface area contributed by atoms with E-state index in [1.54, 1.807) is 16.8 Å². The molecule has 18 heavy (non-hydrogen) atoms. The fourth-order valence-electron chi connectivity index (χ4n) is 1.54. The van der Waals surface area contributed by atoms with Crippen molar-refractivity contribution in [1.29, 1.82) is 0 Å². The molecule has 2 rings (SSSR count). The fourth-order valence-corrected chi connectivity index (χ4v) is 1.90. The Morgan fingerprint density at radius 1 is 1.39 bits per heavy atom. The van der Waals surface area contributed by atoms with Gasteiger partial charge in [0.25, 0.3) is 0 Å². The lowest BCUT2D eigenvalue weighted by Gasteiger charge is -2.05. The maximum atomic E-state index is 13.1. The van der Waals surface area contributed by atoms with Crippen molar-refractivity contribution in [2.24, 2.45) is 0 Å². The molecular weight excluding hydrogens is 297 g/mol. The summed E-state index contributed by atoms with van der Waals surface area (Å²) in [5.74, 6) is -0.271. The number of nitrogens with one attached hydrogen (secondary N) is 1. The van der Waals surface area contributed by atoms with Crippen LogP contribution in [-0.4, -0.2) is 15.8 Å². The van der Waals surface area contributed by atoms with Crippen molar-refractivity contribution in [3.8, 4) is 5.69 Å². The van der Waals surface area contributed by atoms with Gasteiger partial charge in [-0.05, 0) is 40.2 Å². The van der Waals surface area contributed by atoms with Crippen LogP contribution in [0.4, 0.5) is 4.39 Å². The van der Waals surface area contributed by atoms with E-state index in [0.717, 1.165) is 17.9 Å². The van der Waals surface area contributed by atoms with Crippen molar-refractivity contribution in [3.05, 3.63) is 46.4 Å². The third-order valence-electron chi connectivity index (χ3n) is 2.50. The van der Waals surface area contributed by atoms with E-state index in [4.69, 9.17) is 0 Å². The summed E-state index contributed by atoms with van der Waals surface area (Å²) < 4.78 is 15.3. The molecule has 0 bridgehead atoms. The molecular formula is C13H15BrFN3. The van der Waals surface area contributed by atoms with Crippen molar-refractivity contribution < 1.29 is 4.39 Å². The average molecular weight is 312 g/mol. The van der Waals surface area contributed by atoms with E-state index in [9.17, 15) is 4.39 Å². The molecule has 1 aromatic carbocycles. The largest absolute Gasteiger partial charge is 0.309 e. The van der Waals surface area contributed by atoms with Crippen molar-refractivity contribution in [2.75, 3.05) is 0 Å². The van der Waals surface area contributed by atoms with Gasteiger partial charge in [-0.15, -0.1) is 0 Å². The number of aromatic nitrogens is 2. The molecule has 0 radical (unpaired) electrons. The Morgan fingerprint density at radius 2 is 2.17 bits per heavy atom. The molecule has 0 spiro atoms. The normalized spacial score (nSPS) is 11.2. The van der Waals surface area contributed by atoms with Crippen LogP contribution in [0.15, 0.2) is 34.9 Å². The lowest BCUT2D eigenvalue weighted by Crippen LogP contribution is -2.22. The van der Waals surface area contributed by atoms with Crippen LogP contribution >= 0.6 is 15.9 Å². The van der Waals surface area contributed by atoms with Crippen molar-refractivity contribution in [1.82, 2.24) is 15.1 Å². The number of rotatable bonds is 4. The molecule has 0 unspecified atom stereocenters. The van der Waals surface area contributed by atoms with Crippen LogP contribution in [0.1, 0.15) is 19.5 Å². The molecule has 0 atom stereocenters. The van der Waals surface area contributed by atoms with E-state index >= 15 is 0 Å². The van der Waals surface area contributed by atoms with Crippen LogP contribution in [0.3, 0.4) is 0 Å². The third-order valence-corrected chi connectivity index (χ3v) is 3.11. The van der Waals surface area contributed by atoms with Crippen LogP contribution in [0.2, 0.25) is 0 Å². The zero-order valence-electron chi connectivity index (χ0n) is 10.3. The molecule has 0 fully saturated rings. The summed E-state index contributed by atoms with van der Waals surface area (Å²) in [7, 11) is 0. The van der Waals surface area contributed by atoms with Gasteiger partial charge < -0.3 is 5.32 Å². The molecule has 0 aliphatic carbocycles. The van der Waals surface area contributed by atoms with Gasteiger partial charge in [0.05, 0.1) is 15.9 Å². The van der Waals surface area contributed by atoms with E-state index in [1.165, 1.54) is 6.07 Å². The van der Waals surface area contributed by atoms with Crippen LogP contribution in [0, 0.1) is 5.82 Å². The SMILES string of the molecule is CC(C)NCc1ccn(-c2ccc(F)c(Br)c2)n1. The predicted molar refractivity (Wildman–Crippen MR) is 73.2 cm³/mol. The summed E-state index contributed by atoms with van der Waals surface area (Å²) in [5, 5.41) is 7.74. The van der Waals surface area contributed by atoms with E-state index in [-0.39, 0.29) is 5.82 Å². The molecule has 0 saturated carbocycles. The van der Waals surface area contributed by atoms with Gasteiger partial charge in [0, 0.05) is 18.8 Å². The van der Waals surface area contributed by atoms with E-state index in [1.807, 2.05) is 12.3 Å². The summed E-state index contributed by atoms with van der Waals surface area (Å²) in [5.41, 5.74) is 1.79. The van der Waals surface area contributed by atoms with Crippen LogP contribution in [0.25, 0.3) is 5.69 Å². The first-order valence-electron chi connectivity index (χ1n) is 5.79. The Kier molecular flexibility index (Phi) is 4.14. The van der Waals surface area contributed by atoms with Crippen LogP contribution < -0.4 is 5.32 Å². The van der Waals surface area contributed by atoms with Crippen LogP contribution in [-0.2, 0) is 6.54 Å². The molecule has 1 aromatic heterocycles. The predicted octanol–water partition coefficient (Wildman–Crippen LogP) is 3.27. The number of halogens is 2. The zero-order valence-corrected chi connectivity index (χ0v) is 11.9. The van der Waals surface area contributed by atoms with Crippen molar-refractivity contribution >= 4 is 15.9 Å². The molecule has 5 heteroatoms. The van der Waals surface area contributed by atoms with Gasteiger partial charge in [-0.2, -0.15) is 5.10 Å². The number of nitrogens with zero attached hydrogens (tertiary/aromatic N) is 2. The van der Waals surface area contributed by atoms with Gasteiger partial charge in [0.15, 0.2) is 0 Å². The minimum Gasteiger partial charge on any atom is -0.309 e. The molecule has 0 amide bonds. The highest BCUT2D eigenvalue weighted by molar-refractivity contribution is 9.10. The summed E-state index contributed by atoms with van der Waals surface area (Å²) in [6.45, 7) is 4.91. The Hall–Kier alpha value is -1.20. The van der Waals surface area contributed by atoms with Gasteiger partial charge in [-0.1, -0.05) is 13.8 Å². The lowest BCUT2D eigenvalue weighted by molar-refractivity contribution is 0.578. The van der Waals surface area contributed by atoms with Gasteiger partial charge in [-0.3, -0.25) is 0 Å². The molecule has 0 aliphatic rings. The highest BCUT2D eigenvalue weighted by Gasteiger charge is 2.05. The van der Waals surface area contributed by atoms with Gasteiger partial charge in [0.1, 0.15) is 5.82 Å². The Balaban J connectivity index is 2.16. The number of hydrogen-bond acceptors (Lipinski definition) is 2. The van der Waals surface area contributed by atoms with Crippen molar-refractivity contribution in [3.63, 3.8) is 0 Å². The van der Waals surface area contributed by atoms with Gasteiger partial charge in [-0.25, -0.2) is 9.07 Å². The fraction of sp³-hybridized carbons (Fsp3) is 0.308. The maximum Gasteiger partial charge on any atom is 0.137 e. The second kappa shape index (κ2) is 5.63. The average Bonchev–Trinajstić information content (AvgIpc) is 2.79. The van der Waals surface area contributed by atoms with Gasteiger partial charge in [0.2, 0.25) is 0 Å². The number of hydrogen-bond donors (Lipinski definition) is 1. The van der Waals surface area contributed by atoms with E-state index in [2.05, 4.69) is 40.2 Å². The summed E-state index contributed by atoms with van der Waals surface area (Å²) in [4.78, 5) is 0. The smallest absolute Gasteiger partial charge is 0.137 e. The standard InChI is InChI=1S/C13H15BrFN3/c1-9(2)16-8-10-5-6-18(17-10)11-3-4-13(15)12(14)7-11/h3-7,9,16H,8H2,1-2H3. The zero-order chi connectivity index (χ0) is 13.1. The molecule has 3 nitrogen and oxygen atoms in total. The molecule has 2 aromatic rings.